The molecule has 1 amide bonds. The summed E-state index contributed by atoms with van der Waals surface area (Å²) in [7, 11) is 0. The maximum absolute atomic E-state index is 11.2. The van der Waals surface area contributed by atoms with Crippen molar-refractivity contribution < 1.29 is 24.6 Å². The molecular weight excluding hydrogens is 595 g/mol. The van der Waals surface area contributed by atoms with E-state index in [-0.39, 0.29) is 20.4 Å². The lowest BCUT2D eigenvalue weighted by Gasteiger charge is -2.15. The van der Waals surface area contributed by atoms with Crippen LogP contribution in [0.3, 0.4) is 0 Å². The predicted molar refractivity (Wildman–Crippen MR) is 92.8 cm³/mol. The van der Waals surface area contributed by atoms with E-state index in [9.17, 15) is 24.6 Å². The van der Waals surface area contributed by atoms with E-state index < -0.39 is 17.8 Å². The van der Waals surface area contributed by atoms with Crippen LogP contribution in [0.2, 0.25) is 0 Å². The van der Waals surface area contributed by atoms with Gasteiger partial charge in [0.25, 0.3) is 0 Å². The summed E-state index contributed by atoms with van der Waals surface area (Å²) in [5.41, 5.74) is -0.0329. The maximum atomic E-state index is 11.2. The monoisotopic (exact) mass is 601 g/mol. The van der Waals surface area contributed by atoms with Crippen LogP contribution < -0.4 is 5.32 Å². The molecule has 0 unspecified atom stereocenters. The van der Waals surface area contributed by atoms with Gasteiger partial charge in [0.1, 0.15) is 0 Å². The van der Waals surface area contributed by atoms with Crippen LogP contribution in [-0.4, -0.2) is 28.1 Å². The van der Waals surface area contributed by atoms with E-state index in [1.165, 1.54) is 6.92 Å². The Morgan fingerprint density at radius 2 is 1.26 bits per heavy atom. The van der Waals surface area contributed by atoms with Gasteiger partial charge in [0.15, 0.2) is 0 Å². The lowest BCUT2D eigenvalue weighted by atomic mass is 10.1. The molecule has 0 aliphatic carbocycles. The number of amides is 1. The maximum Gasteiger partial charge on any atom is 0.337 e. The molecule has 9 heteroatoms. The van der Waals surface area contributed by atoms with Crippen molar-refractivity contribution in [3.05, 3.63) is 21.8 Å². The zero-order valence-electron chi connectivity index (χ0n) is 9.25. The number of carboxylic acid groups (broad SMARTS) is 2. The average molecular weight is 601 g/mol. The molecule has 0 aliphatic heterocycles. The number of halogens is 3. The van der Waals surface area contributed by atoms with Gasteiger partial charge in [0.05, 0.1) is 24.0 Å². The van der Waals surface area contributed by atoms with Crippen LogP contribution in [0.25, 0.3) is 0 Å². The van der Waals surface area contributed by atoms with Gasteiger partial charge in [-0.15, -0.1) is 0 Å². The molecule has 0 heterocycles. The third-order valence-electron chi connectivity index (χ3n) is 2.05. The first-order chi connectivity index (χ1) is 8.68. The van der Waals surface area contributed by atoms with Crippen LogP contribution in [0.5, 0.6) is 0 Å². The Hall–Kier alpha value is -0.180. The Balaban J connectivity index is 3.79. The Kier molecular flexibility index (Phi) is 5.78. The van der Waals surface area contributed by atoms with Gasteiger partial charge in [-0.05, 0) is 67.8 Å². The molecule has 0 fully saturated rings. The molecule has 0 atom stereocenters. The van der Waals surface area contributed by atoms with Gasteiger partial charge in [-0.2, -0.15) is 0 Å². The molecule has 0 saturated carbocycles. The topological polar surface area (TPSA) is 104 Å². The first-order valence-electron chi connectivity index (χ1n) is 4.63. The van der Waals surface area contributed by atoms with Crippen LogP contribution >= 0.6 is 67.8 Å². The summed E-state index contributed by atoms with van der Waals surface area (Å²) in [6, 6.07) is 0. The smallest absolute Gasteiger partial charge is 0.337 e. The van der Waals surface area contributed by atoms with Gasteiger partial charge in [-0.1, -0.05) is 0 Å². The van der Waals surface area contributed by atoms with Crippen LogP contribution in [0, 0.1) is 10.7 Å². The Morgan fingerprint density at radius 1 is 0.895 bits per heavy atom. The van der Waals surface area contributed by atoms with Crippen molar-refractivity contribution in [1.82, 2.24) is 0 Å². The summed E-state index contributed by atoms with van der Waals surface area (Å²) in [6.07, 6.45) is 0. The third kappa shape index (κ3) is 3.48. The second-order valence-corrected chi connectivity index (χ2v) is 6.59. The number of hydrogen-bond donors (Lipinski definition) is 3. The summed E-state index contributed by atoms with van der Waals surface area (Å²) in [6.45, 7) is 1.27. The lowest BCUT2D eigenvalue weighted by Crippen LogP contribution is -2.17. The average Bonchev–Trinajstić information content (AvgIpc) is 2.22. The number of carbonyl (C=O) groups excluding carboxylic acids is 1. The van der Waals surface area contributed by atoms with Crippen molar-refractivity contribution in [3.8, 4) is 0 Å². The fraction of sp³-hybridized carbons (Fsp3) is 0.100. The van der Waals surface area contributed by atoms with Gasteiger partial charge >= 0.3 is 11.9 Å². The molecule has 0 aliphatic rings. The van der Waals surface area contributed by atoms with E-state index in [0.717, 1.165) is 0 Å². The largest absolute Gasteiger partial charge is 0.478 e. The number of hydrogen-bond acceptors (Lipinski definition) is 3. The quantitative estimate of drug-likeness (QED) is 0.463. The fourth-order valence-electron chi connectivity index (χ4n) is 1.33. The number of rotatable bonds is 3. The van der Waals surface area contributed by atoms with Crippen molar-refractivity contribution in [3.63, 3.8) is 0 Å². The Morgan fingerprint density at radius 3 is 1.53 bits per heavy atom. The number of benzene rings is 1. The Labute approximate surface area is 148 Å². The minimum atomic E-state index is -1.24. The standard InChI is InChI=1S/C10H6I3NO5/c1-2(15)14-8-6(12)3(9(16)17)5(11)4(7(8)13)10(18)19/h1H3,(H,14,15)(H,16,17)(H,18,19). The highest BCUT2D eigenvalue weighted by atomic mass is 127. The summed E-state index contributed by atoms with van der Waals surface area (Å²) < 4.78 is 0.749. The zero-order chi connectivity index (χ0) is 14.9. The predicted octanol–water partition coefficient (Wildman–Crippen LogP) is 2.86. The SMILES string of the molecule is CC(=O)Nc1c(I)c(C(=O)O)c(I)c(C(=O)O)c1I. The highest BCUT2D eigenvalue weighted by molar-refractivity contribution is 14.1. The molecule has 1 rings (SSSR count). The zero-order valence-corrected chi connectivity index (χ0v) is 15.7. The van der Waals surface area contributed by atoms with Crippen LogP contribution in [0.4, 0.5) is 5.69 Å². The minimum absolute atomic E-state index is 0.122. The van der Waals surface area contributed by atoms with Gasteiger partial charge in [-0.25, -0.2) is 9.59 Å². The molecule has 0 radical (unpaired) electrons. The molecule has 0 aromatic heterocycles. The second-order valence-electron chi connectivity index (χ2n) is 3.36. The van der Waals surface area contributed by atoms with E-state index in [1.807, 2.05) is 0 Å². The Bertz CT molecular complexity index is 558. The molecule has 19 heavy (non-hydrogen) atoms. The summed E-state index contributed by atoms with van der Waals surface area (Å²) in [5, 5.41) is 20.8. The molecule has 1 aromatic carbocycles. The second kappa shape index (κ2) is 6.51. The van der Waals surface area contributed by atoms with Gasteiger partial charge < -0.3 is 15.5 Å². The summed E-state index contributed by atoms with van der Waals surface area (Å²) in [5.74, 6) is -2.87. The normalized spacial score (nSPS) is 10.1. The van der Waals surface area contributed by atoms with Crippen molar-refractivity contribution >= 4 is 91.3 Å². The fourth-order valence-corrected chi connectivity index (χ4v) is 5.68. The van der Waals surface area contributed by atoms with Gasteiger partial charge in [0, 0.05) is 10.5 Å². The van der Waals surface area contributed by atoms with E-state index >= 15 is 0 Å². The van der Waals surface area contributed by atoms with E-state index in [4.69, 9.17) is 0 Å². The van der Waals surface area contributed by atoms with Crippen molar-refractivity contribution in [2.24, 2.45) is 0 Å². The van der Waals surface area contributed by atoms with Crippen molar-refractivity contribution in [2.45, 2.75) is 6.92 Å². The van der Waals surface area contributed by atoms with Crippen LogP contribution in [0.15, 0.2) is 0 Å². The molecule has 0 spiro atoms. The van der Waals surface area contributed by atoms with Crippen LogP contribution in [0.1, 0.15) is 27.6 Å². The van der Waals surface area contributed by atoms with Crippen molar-refractivity contribution in [2.75, 3.05) is 5.32 Å². The summed E-state index contributed by atoms with van der Waals surface area (Å²) >= 11 is 5.25. The molecule has 102 valence electrons. The summed E-state index contributed by atoms with van der Waals surface area (Å²) in [4.78, 5) is 33.6. The first-order valence-corrected chi connectivity index (χ1v) is 7.86. The molecule has 3 N–H and O–H groups in total. The molecule has 0 saturated heterocycles. The highest BCUT2D eigenvalue weighted by Crippen LogP contribution is 2.35. The third-order valence-corrected chi connectivity index (χ3v) is 5.28. The minimum Gasteiger partial charge on any atom is -0.478 e. The van der Waals surface area contributed by atoms with Gasteiger partial charge in [0.2, 0.25) is 5.91 Å². The molecule has 0 bridgehead atoms. The van der Waals surface area contributed by atoms with E-state index in [2.05, 4.69) is 5.32 Å². The highest BCUT2D eigenvalue weighted by Gasteiger charge is 2.27. The molecule has 1 aromatic rings. The lowest BCUT2D eigenvalue weighted by molar-refractivity contribution is -0.114. The van der Waals surface area contributed by atoms with E-state index in [1.54, 1.807) is 67.8 Å². The number of anilines is 1. The van der Waals surface area contributed by atoms with Crippen molar-refractivity contribution in [1.29, 1.82) is 0 Å². The van der Waals surface area contributed by atoms with E-state index in [0.29, 0.717) is 7.14 Å². The molecule has 6 nitrogen and oxygen atoms in total. The molecular formula is C10H6I3NO5. The van der Waals surface area contributed by atoms with Gasteiger partial charge in [-0.3, -0.25) is 4.79 Å². The number of aromatic carboxylic acids is 2. The number of nitrogens with one attached hydrogen (secondary N) is 1. The number of carbonyl (C=O) groups is 3. The first kappa shape index (κ1) is 16.9. The van der Waals surface area contributed by atoms with Crippen LogP contribution in [-0.2, 0) is 4.79 Å². The number of carboxylic acids is 2.